The molecule has 1 saturated heterocycles. The van der Waals surface area contributed by atoms with Gasteiger partial charge in [-0.2, -0.15) is 0 Å². The number of hydrogen-bond acceptors (Lipinski definition) is 3. The maximum atomic E-state index is 13.3. The van der Waals surface area contributed by atoms with Crippen molar-refractivity contribution >= 4 is 23.4 Å². The van der Waals surface area contributed by atoms with Crippen molar-refractivity contribution in [3.63, 3.8) is 0 Å². The Morgan fingerprint density at radius 1 is 1.23 bits per heavy atom. The van der Waals surface area contributed by atoms with Gasteiger partial charge in [-0.05, 0) is 41.8 Å². The molecule has 1 aliphatic heterocycles. The SMILES string of the molecule is O=C1NCCN(C(=O)c2ccc(-c3ccc(F)c(Cl)c3)cc2)[C@H]1CCO. The van der Waals surface area contributed by atoms with E-state index in [1.54, 1.807) is 30.3 Å². The third-order valence-electron chi connectivity index (χ3n) is 4.38. The van der Waals surface area contributed by atoms with Gasteiger partial charge in [0.15, 0.2) is 0 Å². The van der Waals surface area contributed by atoms with Gasteiger partial charge in [-0.3, -0.25) is 9.59 Å². The zero-order valence-corrected chi connectivity index (χ0v) is 14.7. The van der Waals surface area contributed by atoms with Crippen LogP contribution >= 0.6 is 11.6 Å². The van der Waals surface area contributed by atoms with Gasteiger partial charge in [0.2, 0.25) is 5.91 Å². The van der Waals surface area contributed by atoms with E-state index in [4.69, 9.17) is 16.7 Å². The molecule has 1 aliphatic rings. The van der Waals surface area contributed by atoms with Crippen LogP contribution in [0.1, 0.15) is 16.8 Å². The summed E-state index contributed by atoms with van der Waals surface area (Å²) in [6, 6.07) is 10.6. The normalized spacial score (nSPS) is 17.1. The summed E-state index contributed by atoms with van der Waals surface area (Å²) >= 11 is 5.81. The number of carbonyl (C=O) groups excluding carboxylic acids is 2. The third kappa shape index (κ3) is 3.71. The zero-order valence-electron chi connectivity index (χ0n) is 13.9. The molecular weight excluding hydrogens is 359 g/mol. The van der Waals surface area contributed by atoms with Crippen LogP contribution in [0, 0.1) is 5.82 Å². The molecule has 2 aromatic rings. The first-order chi connectivity index (χ1) is 12.5. The predicted molar refractivity (Wildman–Crippen MR) is 96.4 cm³/mol. The van der Waals surface area contributed by atoms with Crippen molar-refractivity contribution in [2.75, 3.05) is 19.7 Å². The Labute approximate surface area is 155 Å². The van der Waals surface area contributed by atoms with Gasteiger partial charge in [-0.25, -0.2) is 4.39 Å². The number of aliphatic hydroxyl groups is 1. The summed E-state index contributed by atoms with van der Waals surface area (Å²) in [5.41, 5.74) is 1.98. The van der Waals surface area contributed by atoms with Crippen LogP contribution in [0.4, 0.5) is 4.39 Å². The molecule has 0 spiro atoms. The quantitative estimate of drug-likeness (QED) is 0.861. The lowest BCUT2D eigenvalue weighted by Gasteiger charge is -2.34. The van der Waals surface area contributed by atoms with Crippen LogP contribution in [0.15, 0.2) is 42.5 Å². The molecule has 136 valence electrons. The van der Waals surface area contributed by atoms with Gasteiger partial charge in [0.1, 0.15) is 11.9 Å². The first-order valence-corrected chi connectivity index (χ1v) is 8.64. The van der Waals surface area contributed by atoms with Crippen LogP contribution in [0.25, 0.3) is 11.1 Å². The van der Waals surface area contributed by atoms with Crippen molar-refractivity contribution in [3.05, 3.63) is 58.9 Å². The second kappa shape index (κ2) is 7.85. The summed E-state index contributed by atoms with van der Waals surface area (Å²) in [6.45, 7) is 0.607. The van der Waals surface area contributed by atoms with Crippen molar-refractivity contribution in [1.82, 2.24) is 10.2 Å². The van der Waals surface area contributed by atoms with E-state index in [1.165, 1.54) is 17.0 Å². The maximum Gasteiger partial charge on any atom is 0.254 e. The molecule has 0 aliphatic carbocycles. The highest BCUT2D eigenvalue weighted by Gasteiger charge is 2.32. The highest BCUT2D eigenvalue weighted by molar-refractivity contribution is 6.31. The minimum Gasteiger partial charge on any atom is -0.396 e. The Morgan fingerprint density at radius 3 is 2.58 bits per heavy atom. The largest absolute Gasteiger partial charge is 0.396 e. The number of benzene rings is 2. The molecular formula is C19H18ClFN2O3. The molecule has 3 rings (SSSR count). The lowest BCUT2D eigenvalue weighted by molar-refractivity contribution is -0.128. The summed E-state index contributed by atoms with van der Waals surface area (Å²) < 4.78 is 13.3. The molecule has 26 heavy (non-hydrogen) atoms. The van der Waals surface area contributed by atoms with E-state index in [9.17, 15) is 14.0 Å². The lowest BCUT2D eigenvalue weighted by Crippen LogP contribution is -2.57. The Bertz CT molecular complexity index is 826. The van der Waals surface area contributed by atoms with E-state index in [2.05, 4.69) is 5.32 Å². The monoisotopic (exact) mass is 376 g/mol. The fourth-order valence-electron chi connectivity index (χ4n) is 3.01. The number of carbonyl (C=O) groups is 2. The van der Waals surface area contributed by atoms with Crippen LogP contribution in [0.3, 0.4) is 0 Å². The summed E-state index contributed by atoms with van der Waals surface area (Å²) in [4.78, 5) is 26.2. The van der Waals surface area contributed by atoms with Crippen molar-refractivity contribution in [2.45, 2.75) is 12.5 Å². The van der Waals surface area contributed by atoms with Crippen LogP contribution in [0.5, 0.6) is 0 Å². The smallest absolute Gasteiger partial charge is 0.254 e. The molecule has 1 fully saturated rings. The fourth-order valence-corrected chi connectivity index (χ4v) is 3.19. The first kappa shape index (κ1) is 18.4. The average Bonchev–Trinajstić information content (AvgIpc) is 2.65. The van der Waals surface area contributed by atoms with Gasteiger partial charge in [-0.15, -0.1) is 0 Å². The number of hydrogen-bond donors (Lipinski definition) is 2. The molecule has 2 N–H and O–H groups in total. The predicted octanol–water partition coefficient (Wildman–Crippen LogP) is 2.47. The molecule has 0 radical (unpaired) electrons. The minimum absolute atomic E-state index is 0.0360. The highest BCUT2D eigenvalue weighted by Crippen LogP contribution is 2.25. The zero-order chi connectivity index (χ0) is 18.7. The van der Waals surface area contributed by atoms with Crippen molar-refractivity contribution in [2.24, 2.45) is 0 Å². The summed E-state index contributed by atoms with van der Waals surface area (Å²) in [5.74, 6) is -1.00. The van der Waals surface area contributed by atoms with Gasteiger partial charge in [0.25, 0.3) is 5.91 Å². The average molecular weight is 377 g/mol. The third-order valence-corrected chi connectivity index (χ3v) is 4.67. The fraction of sp³-hybridized carbons (Fsp3) is 0.263. The molecule has 0 saturated carbocycles. The van der Waals surface area contributed by atoms with Crippen molar-refractivity contribution in [3.8, 4) is 11.1 Å². The summed E-state index contributed by atoms with van der Waals surface area (Å²) in [7, 11) is 0. The van der Waals surface area contributed by atoms with Crippen molar-refractivity contribution in [1.29, 1.82) is 0 Å². The van der Waals surface area contributed by atoms with Crippen LogP contribution in [0.2, 0.25) is 5.02 Å². The van der Waals surface area contributed by atoms with Gasteiger partial charge in [0, 0.05) is 25.3 Å². The molecule has 2 aromatic carbocycles. The number of halogens is 2. The van der Waals surface area contributed by atoms with E-state index < -0.39 is 11.9 Å². The second-order valence-corrected chi connectivity index (χ2v) is 6.43. The van der Waals surface area contributed by atoms with Crippen LogP contribution < -0.4 is 5.32 Å². The van der Waals surface area contributed by atoms with E-state index in [-0.39, 0.29) is 29.9 Å². The number of piperazine rings is 1. The number of amides is 2. The number of aliphatic hydroxyl groups excluding tert-OH is 1. The molecule has 5 nitrogen and oxygen atoms in total. The molecule has 0 bridgehead atoms. The summed E-state index contributed by atoms with van der Waals surface area (Å²) in [6.07, 6.45) is 0.198. The van der Waals surface area contributed by atoms with E-state index in [0.717, 1.165) is 11.1 Å². The molecule has 1 atom stereocenters. The summed E-state index contributed by atoms with van der Waals surface area (Å²) in [5, 5.41) is 11.9. The van der Waals surface area contributed by atoms with Crippen LogP contribution in [-0.4, -0.2) is 47.6 Å². The van der Waals surface area contributed by atoms with Crippen LogP contribution in [-0.2, 0) is 4.79 Å². The highest BCUT2D eigenvalue weighted by atomic mass is 35.5. The molecule has 1 heterocycles. The molecule has 0 aromatic heterocycles. The van der Waals surface area contributed by atoms with Gasteiger partial charge >= 0.3 is 0 Å². The Hall–Kier alpha value is -2.44. The van der Waals surface area contributed by atoms with Gasteiger partial charge < -0.3 is 15.3 Å². The number of rotatable bonds is 4. The molecule has 2 amide bonds. The molecule has 7 heteroatoms. The Morgan fingerprint density at radius 2 is 1.92 bits per heavy atom. The number of nitrogens with zero attached hydrogens (tertiary/aromatic N) is 1. The van der Waals surface area contributed by atoms with E-state index >= 15 is 0 Å². The Kier molecular flexibility index (Phi) is 5.54. The Balaban J connectivity index is 1.82. The lowest BCUT2D eigenvalue weighted by atomic mass is 10.0. The maximum absolute atomic E-state index is 13.3. The first-order valence-electron chi connectivity index (χ1n) is 8.26. The van der Waals surface area contributed by atoms with Crippen molar-refractivity contribution < 1.29 is 19.1 Å². The van der Waals surface area contributed by atoms with Gasteiger partial charge in [0.05, 0.1) is 5.02 Å². The standard InChI is InChI=1S/C19H18ClFN2O3/c20-15-11-14(5-6-16(15)21)12-1-3-13(4-2-12)19(26)23-9-8-22-18(25)17(23)7-10-24/h1-6,11,17,24H,7-10H2,(H,22,25)/t17-/m0/s1. The number of nitrogens with one attached hydrogen (secondary N) is 1. The van der Waals surface area contributed by atoms with E-state index in [0.29, 0.717) is 18.7 Å². The second-order valence-electron chi connectivity index (χ2n) is 6.02. The topological polar surface area (TPSA) is 69.6 Å². The molecule has 0 unspecified atom stereocenters. The van der Waals surface area contributed by atoms with E-state index in [1.807, 2.05) is 0 Å². The minimum atomic E-state index is -0.670. The van der Waals surface area contributed by atoms with Gasteiger partial charge in [-0.1, -0.05) is 29.8 Å².